The molecule has 0 unspecified atom stereocenters. The Morgan fingerprint density at radius 2 is 0.884 bits per heavy atom. The predicted molar refractivity (Wildman–Crippen MR) is 297 cm³/mol. The monoisotopic (exact) mass is 905 g/mol. The van der Waals surface area contributed by atoms with Crippen molar-refractivity contribution in [3.63, 3.8) is 0 Å². The van der Waals surface area contributed by atoms with E-state index in [4.69, 9.17) is 0 Å². The first-order valence-electron chi connectivity index (χ1n) is 24.3. The van der Waals surface area contributed by atoms with Crippen LogP contribution in [-0.4, -0.2) is 0 Å². The van der Waals surface area contributed by atoms with E-state index in [1.165, 1.54) is 97.7 Å². The largest absolute Gasteiger partial charge is 0.309 e. The lowest BCUT2D eigenvalue weighted by Gasteiger charge is -2.35. The molecule has 0 radical (unpaired) electrons. The molecule has 0 aliphatic heterocycles. The summed E-state index contributed by atoms with van der Waals surface area (Å²) in [5.41, 5.74) is 18.0. The molecule has 11 aromatic rings. The zero-order valence-electron chi connectivity index (χ0n) is 40.2. The summed E-state index contributed by atoms with van der Waals surface area (Å²) in [6, 6.07) is 84.5. The number of benzene rings is 10. The van der Waals surface area contributed by atoms with Crippen LogP contribution in [0.15, 0.2) is 224 Å². The Balaban J connectivity index is 1.19. The van der Waals surface area contributed by atoms with Crippen LogP contribution < -0.4 is 4.90 Å². The fraction of sp³-hybridized carbons (Fsp3) is 0.134. The normalized spacial score (nSPS) is 13.2. The molecule has 1 aliphatic rings. The number of para-hydroxylation sites is 1. The second-order valence-corrected chi connectivity index (χ2v) is 21.9. The first-order valence-corrected chi connectivity index (χ1v) is 25.2. The van der Waals surface area contributed by atoms with E-state index < -0.39 is 5.41 Å². The van der Waals surface area contributed by atoms with Crippen LogP contribution in [0.3, 0.4) is 0 Å². The van der Waals surface area contributed by atoms with E-state index >= 15 is 0 Å². The van der Waals surface area contributed by atoms with Gasteiger partial charge in [0.2, 0.25) is 0 Å². The molecule has 12 rings (SSSR count). The van der Waals surface area contributed by atoms with Gasteiger partial charge in [-0.25, -0.2) is 0 Å². The minimum Gasteiger partial charge on any atom is -0.309 e. The van der Waals surface area contributed by atoms with Gasteiger partial charge in [0.25, 0.3) is 0 Å². The molecule has 10 aromatic carbocycles. The van der Waals surface area contributed by atoms with Crippen LogP contribution >= 0.6 is 11.3 Å². The third kappa shape index (κ3) is 6.87. The minimum atomic E-state index is -0.547. The highest BCUT2D eigenvalue weighted by Gasteiger charge is 2.47. The van der Waals surface area contributed by atoms with Gasteiger partial charge < -0.3 is 4.90 Å². The van der Waals surface area contributed by atoms with Crippen molar-refractivity contribution in [3.8, 4) is 33.4 Å². The maximum absolute atomic E-state index is 2.61. The summed E-state index contributed by atoms with van der Waals surface area (Å²) in [6.07, 6.45) is 0. The second kappa shape index (κ2) is 16.3. The van der Waals surface area contributed by atoms with Crippen LogP contribution in [0, 0.1) is 0 Å². The van der Waals surface area contributed by atoms with Gasteiger partial charge in [0.05, 0.1) is 22.5 Å². The first kappa shape index (κ1) is 42.8. The Kier molecular flexibility index (Phi) is 10.1. The molecule has 1 aromatic heterocycles. The molecule has 0 fully saturated rings. The summed E-state index contributed by atoms with van der Waals surface area (Å²) in [5, 5.41) is 5.02. The van der Waals surface area contributed by atoms with Crippen molar-refractivity contribution in [2.24, 2.45) is 0 Å². The predicted octanol–water partition coefficient (Wildman–Crippen LogP) is 19.0. The molecular formula is C67H55NS. The van der Waals surface area contributed by atoms with Crippen LogP contribution in [0.5, 0.6) is 0 Å². The maximum Gasteiger partial charge on any atom is 0.0714 e. The molecule has 334 valence electrons. The zero-order valence-corrected chi connectivity index (χ0v) is 41.0. The molecular weight excluding hydrogens is 851 g/mol. The molecule has 1 aliphatic carbocycles. The molecule has 0 spiro atoms. The molecule has 1 nitrogen and oxygen atoms in total. The van der Waals surface area contributed by atoms with E-state index in [1.807, 2.05) is 11.3 Å². The molecule has 0 N–H and O–H groups in total. The van der Waals surface area contributed by atoms with Crippen molar-refractivity contribution in [1.29, 1.82) is 0 Å². The van der Waals surface area contributed by atoms with Crippen molar-refractivity contribution in [1.82, 2.24) is 0 Å². The Morgan fingerprint density at radius 1 is 0.377 bits per heavy atom. The van der Waals surface area contributed by atoms with Gasteiger partial charge in [-0.2, -0.15) is 0 Å². The Hall–Kier alpha value is -7.52. The van der Waals surface area contributed by atoms with Gasteiger partial charge in [0.15, 0.2) is 0 Å². The van der Waals surface area contributed by atoms with E-state index in [2.05, 4.69) is 271 Å². The van der Waals surface area contributed by atoms with Crippen LogP contribution in [0.1, 0.15) is 74.9 Å². The topological polar surface area (TPSA) is 3.24 Å². The number of anilines is 3. The van der Waals surface area contributed by atoms with E-state index in [-0.39, 0.29) is 10.8 Å². The number of nitrogens with zero attached hydrogens (tertiary/aromatic N) is 1. The number of hydrogen-bond donors (Lipinski definition) is 0. The van der Waals surface area contributed by atoms with E-state index in [0.29, 0.717) is 0 Å². The summed E-state index contributed by atoms with van der Waals surface area (Å²) >= 11 is 1.87. The van der Waals surface area contributed by atoms with Gasteiger partial charge in [-0.05, 0) is 108 Å². The quantitative estimate of drug-likeness (QED) is 0.154. The fourth-order valence-corrected chi connectivity index (χ4v) is 12.5. The zero-order chi connectivity index (χ0) is 47.1. The summed E-state index contributed by atoms with van der Waals surface area (Å²) in [6.45, 7) is 14.0. The van der Waals surface area contributed by atoms with Crippen molar-refractivity contribution >= 4 is 59.3 Å². The molecule has 2 heteroatoms. The highest BCUT2D eigenvalue weighted by atomic mass is 32.1. The Bertz CT molecular complexity index is 3670. The van der Waals surface area contributed by atoms with E-state index in [1.54, 1.807) is 0 Å². The molecule has 0 saturated carbocycles. The average Bonchev–Trinajstić information content (AvgIpc) is 3.91. The van der Waals surface area contributed by atoms with Crippen molar-refractivity contribution in [2.75, 3.05) is 4.90 Å². The Morgan fingerprint density at radius 3 is 1.58 bits per heavy atom. The van der Waals surface area contributed by atoms with E-state index in [0.717, 1.165) is 17.1 Å². The van der Waals surface area contributed by atoms with Crippen molar-refractivity contribution in [3.05, 3.63) is 258 Å². The van der Waals surface area contributed by atoms with Gasteiger partial charge in [0.1, 0.15) is 0 Å². The molecule has 0 saturated heterocycles. The summed E-state index contributed by atoms with van der Waals surface area (Å²) in [7, 11) is 0. The van der Waals surface area contributed by atoms with Crippen LogP contribution in [0.2, 0.25) is 0 Å². The Labute approximate surface area is 411 Å². The minimum absolute atomic E-state index is 0.0173. The average molecular weight is 906 g/mol. The second-order valence-electron chi connectivity index (χ2n) is 20.8. The van der Waals surface area contributed by atoms with Crippen LogP contribution in [-0.2, 0) is 16.2 Å². The fourth-order valence-electron chi connectivity index (χ4n) is 11.3. The van der Waals surface area contributed by atoms with Crippen LogP contribution in [0.4, 0.5) is 17.1 Å². The summed E-state index contributed by atoms with van der Waals surface area (Å²) < 4.78 is 2.56. The van der Waals surface area contributed by atoms with Gasteiger partial charge in [-0.1, -0.05) is 236 Å². The molecule has 0 amide bonds. The summed E-state index contributed by atoms with van der Waals surface area (Å²) in [4.78, 5) is 2.61. The number of rotatable bonds is 7. The maximum atomic E-state index is 2.61. The lowest BCUT2D eigenvalue weighted by Crippen LogP contribution is -2.28. The third-order valence-electron chi connectivity index (χ3n) is 14.6. The van der Waals surface area contributed by atoms with Crippen LogP contribution in [0.25, 0.3) is 64.3 Å². The molecule has 69 heavy (non-hydrogen) atoms. The lowest BCUT2D eigenvalue weighted by atomic mass is 9.68. The third-order valence-corrected chi connectivity index (χ3v) is 15.8. The van der Waals surface area contributed by atoms with Crippen molar-refractivity contribution < 1.29 is 0 Å². The van der Waals surface area contributed by atoms with Gasteiger partial charge in [-0.3, -0.25) is 0 Å². The number of thiophene rings is 1. The highest BCUT2D eigenvalue weighted by Crippen LogP contribution is 2.60. The molecule has 1 heterocycles. The van der Waals surface area contributed by atoms with Gasteiger partial charge >= 0.3 is 0 Å². The van der Waals surface area contributed by atoms with Crippen molar-refractivity contribution in [2.45, 2.75) is 57.8 Å². The smallest absolute Gasteiger partial charge is 0.0714 e. The molecule has 0 atom stereocenters. The van der Waals surface area contributed by atoms with Gasteiger partial charge in [0, 0.05) is 31.3 Å². The lowest BCUT2D eigenvalue weighted by molar-refractivity contribution is 0.569. The van der Waals surface area contributed by atoms with E-state index in [9.17, 15) is 0 Å². The standard InChI is InChI=1S/C67H55NS/c1-65(2,3)48-41-45(42-49(43-48)66(4,5)6)50-32-19-23-44-24-20-33-52(62(44)50)51-29-14-17-36-57(51)68(59-38-22-40-61-64(59)54-31-15-18-39-60(54)69-61)58-37-21-35-56-63(58)53-30-13-16-34-55(53)67(56,46-25-9-7-10-26-46)47-27-11-8-12-28-47/h7-43H,1-6H3. The number of fused-ring (bicyclic) bond motifs is 7. The first-order chi connectivity index (χ1) is 33.5. The molecule has 0 bridgehead atoms. The number of hydrogen-bond acceptors (Lipinski definition) is 2. The summed E-state index contributed by atoms with van der Waals surface area (Å²) in [5.74, 6) is 0. The van der Waals surface area contributed by atoms with Gasteiger partial charge in [-0.15, -0.1) is 11.3 Å². The highest BCUT2D eigenvalue weighted by molar-refractivity contribution is 7.26. The SMILES string of the molecule is CC(C)(C)c1cc(-c2cccc3cccc(-c4ccccc4N(c4cccc5c4-c4ccccc4C5(c4ccccc4)c4ccccc4)c4cccc5sc6ccccc6c45)c23)cc(C(C)(C)C)c1.